The molecule has 0 radical (unpaired) electrons. The third-order valence-corrected chi connectivity index (χ3v) is 4.35. The van der Waals surface area contributed by atoms with Crippen LogP contribution in [0.2, 0.25) is 5.02 Å². The van der Waals surface area contributed by atoms with Crippen LogP contribution in [-0.2, 0) is 4.79 Å². The van der Waals surface area contributed by atoms with Crippen LogP contribution in [0.15, 0.2) is 50.9 Å². The van der Waals surface area contributed by atoms with E-state index in [1.165, 1.54) is 13.2 Å². The van der Waals surface area contributed by atoms with Gasteiger partial charge in [-0.3, -0.25) is 4.79 Å². The lowest BCUT2D eigenvalue weighted by Gasteiger charge is -2.08. The molecule has 0 heterocycles. The van der Waals surface area contributed by atoms with Gasteiger partial charge in [0.1, 0.15) is 11.6 Å². The summed E-state index contributed by atoms with van der Waals surface area (Å²) in [7, 11) is 1.51. The third-order valence-electron chi connectivity index (χ3n) is 2.98. The molecule has 0 unspecified atom stereocenters. The van der Waals surface area contributed by atoms with Crippen molar-refractivity contribution in [1.82, 2.24) is 0 Å². The standard InChI is InChI=1S/C17H11Br2ClN2O2/c1-24-16-14(19)6-10(7-15(16)20)5-11(9-21)17(23)22-13-4-2-3-12(18)8-13/h2-8H,1H3,(H,22,23)/b11-5-. The van der Waals surface area contributed by atoms with Crippen LogP contribution < -0.4 is 10.1 Å². The lowest BCUT2D eigenvalue weighted by molar-refractivity contribution is -0.112. The van der Waals surface area contributed by atoms with Crippen molar-refractivity contribution in [2.45, 2.75) is 0 Å². The van der Waals surface area contributed by atoms with Gasteiger partial charge in [0, 0.05) is 10.2 Å². The molecule has 0 aliphatic rings. The molecule has 1 amide bonds. The van der Waals surface area contributed by atoms with Gasteiger partial charge in [-0.2, -0.15) is 5.26 Å². The lowest BCUT2D eigenvalue weighted by Crippen LogP contribution is -2.13. The highest BCUT2D eigenvalue weighted by atomic mass is 79.9. The van der Waals surface area contributed by atoms with E-state index >= 15 is 0 Å². The number of nitrogens with zero attached hydrogens (tertiary/aromatic N) is 1. The summed E-state index contributed by atoms with van der Waals surface area (Å²) in [6.07, 6.45) is 1.46. The number of hydrogen-bond acceptors (Lipinski definition) is 3. The molecule has 0 fully saturated rings. The summed E-state index contributed by atoms with van der Waals surface area (Å²) >= 11 is 12.8. The fourth-order valence-corrected chi connectivity index (χ4v) is 3.40. The summed E-state index contributed by atoms with van der Waals surface area (Å²) in [5, 5.41) is 12.3. The highest BCUT2D eigenvalue weighted by Gasteiger charge is 2.12. The predicted molar refractivity (Wildman–Crippen MR) is 102 cm³/mol. The number of carbonyl (C=O) groups excluding carboxylic acids is 1. The number of halogens is 3. The molecule has 0 spiro atoms. The zero-order valence-electron chi connectivity index (χ0n) is 12.4. The predicted octanol–water partition coefficient (Wildman–Crippen LogP) is 5.42. The molecule has 0 saturated heterocycles. The van der Waals surface area contributed by atoms with E-state index in [4.69, 9.17) is 16.3 Å². The van der Waals surface area contributed by atoms with Crippen LogP contribution in [0.25, 0.3) is 6.08 Å². The van der Waals surface area contributed by atoms with Crippen LogP contribution in [0.4, 0.5) is 5.69 Å². The smallest absolute Gasteiger partial charge is 0.266 e. The van der Waals surface area contributed by atoms with Gasteiger partial charge in [-0.25, -0.2) is 0 Å². The Kier molecular flexibility index (Phi) is 6.44. The van der Waals surface area contributed by atoms with Crippen molar-refractivity contribution in [3.05, 3.63) is 61.5 Å². The fraction of sp³-hybridized carbons (Fsp3) is 0.0588. The number of nitrogens with one attached hydrogen (secondary N) is 1. The molecule has 0 bridgehead atoms. The van der Waals surface area contributed by atoms with Crippen LogP contribution in [0.3, 0.4) is 0 Å². The molecular weight excluding hydrogens is 459 g/mol. The van der Waals surface area contributed by atoms with Crippen LogP contribution in [-0.4, -0.2) is 13.0 Å². The number of hydrogen-bond donors (Lipinski definition) is 1. The second-order valence-electron chi connectivity index (χ2n) is 4.65. The summed E-state index contributed by atoms with van der Waals surface area (Å²) in [4.78, 5) is 12.3. The molecule has 0 aliphatic carbocycles. The van der Waals surface area contributed by atoms with E-state index in [1.807, 2.05) is 12.1 Å². The van der Waals surface area contributed by atoms with Gasteiger partial charge in [-0.05, 0) is 57.9 Å². The number of amides is 1. The fourth-order valence-electron chi connectivity index (χ4n) is 1.94. The Morgan fingerprint density at radius 1 is 1.33 bits per heavy atom. The first-order valence-corrected chi connectivity index (χ1v) is 8.62. The van der Waals surface area contributed by atoms with Crippen molar-refractivity contribution in [3.8, 4) is 11.8 Å². The minimum absolute atomic E-state index is 0.0388. The van der Waals surface area contributed by atoms with Gasteiger partial charge in [0.25, 0.3) is 5.91 Å². The molecule has 1 N–H and O–H groups in total. The van der Waals surface area contributed by atoms with Crippen LogP contribution in [0.1, 0.15) is 5.56 Å². The third kappa shape index (κ3) is 4.60. The van der Waals surface area contributed by atoms with Crippen molar-refractivity contribution >= 4 is 61.1 Å². The molecule has 0 aliphatic heterocycles. The number of anilines is 1. The Labute approximate surface area is 161 Å². The summed E-state index contributed by atoms with van der Waals surface area (Å²) in [5.74, 6) is -0.00965. The highest BCUT2D eigenvalue weighted by Crippen LogP contribution is 2.34. The molecular formula is C17H11Br2ClN2O2. The SMILES string of the molecule is COc1c(Cl)cc(/C=C(/C#N)C(=O)Nc2cccc(Br)c2)cc1Br. The molecule has 2 aromatic rings. The maximum absolute atomic E-state index is 12.3. The van der Waals surface area contributed by atoms with E-state index in [0.717, 1.165) is 4.47 Å². The monoisotopic (exact) mass is 468 g/mol. The van der Waals surface area contributed by atoms with Crippen molar-refractivity contribution in [2.75, 3.05) is 12.4 Å². The van der Waals surface area contributed by atoms with Crippen molar-refractivity contribution < 1.29 is 9.53 Å². The zero-order valence-corrected chi connectivity index (χ0v) is 16.4. The number of rotatable bonds is 4. The maximum atomic E-state index is 12.3. The normalized spacial score (nSPS) is 10.9. The molecule has 0 atom stereocenters. The van der Waals surface area contributed by atoms with E-state index in [1.54, 1.807) is 30.3 Å². The number of methoxy groups -OCH3 is 1. The number of carbonyl (C=O) groups is 1. The minimum atomic E-state index is -0.501. The second kappa shape index (κ2) is 8.34. The minimum Gasteiger partial charge on any atom is -0.494 e. The van der Waals surface area contributed by atoms with Gasteiger partial charge in [0.2, 0.25) is 0 Å². The number of ether oxygens (including phenoxy) is 1. The number of benzene rings is 2. The summed E-state index contributed by atoms with van der Waals surface area (Å²) < 4.78 is 6.61. The Hall–Kier alpha value is -1.81. The van der Waals surface area contributed by atoms with E-state index in [0.29, 0.717) is 26.5 Å². The second-order valence-corrected chi connectivity index (χ2v) is 6.83. The van der Waals surface area contributed by atoms with E-state index in [9.17, 15) is 10.1 Å². The van der Waals surface area contributed by atoms with Crippen LogP contribution in [0.5, 0.6) is 5.75 Å². The van der Waals surface area contributed by atoms with Crippen molar-refractivity contribution in [3.63, 3.8) is 0 Å². The van der Waals surface area contributed by atoms with E-state index < -0.39 is 5.91 Å². The molecule has 7 heteroatoms. The number of nitriles is 1. The maximum Gasteiger partial charge on any atom is 0.266 e. The lowest BCUT2D eigenvalue weighted by atomic mass is 10.1. The van der Waals surface area contributed by atoms with Gasteiger partial charge in [-0.15, -0.1) is 0 Å². The molecule has 4 nitrogen and oxygen atoms in total. The summed E-state index contributed by atoms with van der Waals surface area (Å²) in [6.45, 7) is 0. The van der Waals surface area contributed by atoms with Gasteiger partial charge < -0.3 is 10.1 Å². The van der Waals surface area contributed by atoms with Gasteiger partial charge in [-0.1, -0.05) is 33.6 Å². The van der Waals surface area contributed by atoms with Crippen LogP contribution >= 0.6 is 43.5 Å². The highest BCUT2D eigenvalue weighted by molar-refractivity contribution is 9.10. The Balaban J connectivity index is 2.29. The van der Waals surface area contributed by atoms with Gasteiger partial charge in [0.05, 0.1) is 16.6 Å². The average molecular weight is 471 g/mol. The first-order chi connectivity index (χ1) is 11.4. The summed E-state index contributed by atoms with van der Waals surface area (Å²) in [6, 6.07) is 12.3. The zero-order chi connectivity index (χ0) is 17.7. The summed E-state index contributed by atoms with van der Waals surface area (Å²) in [5.41, 5.74) is 1.15. The van der Waals surface area contributed by atoms with E-state index in [2.05, 4.69) is 37.2 Å². The molecule has 2 rings (SSSR count). The van der Waals surface area contributed by atoms with Crippen molar-refractivity contribution in [2.24, 2.45) is 0 Å². The Bertz CT molecular complexity index is 837. The molecule has 0 aromatic heterocycles. The van der Waals surface area contributed by atoms with Gasteiger partial charge in [0.15, 0.2) is 5.75 Å². The Morgan fingerprint density at radius 2 is 2.08 bits per heavy atom. The first-order valence-electron chi connectivity index (χ1n) is 6.66. The Morgan fingerprint density at radius 3 is 2.67 bits per heavy atom. The topological polar surface area (TPSA) is 62.1 Å². The largest absolute Gasteiger partial charge is 0.494 e. The quantitative estimate of drug-likeness (QED) is 0.480. The molecule has 24 heavy (non-hydrogen) atoms. The van der Waals surface area contributed by atoms with Crippen molar-refractivity contribution in [1.29, 1.82) is 5.26 Å². The van der Waals surface area contributed by atoms with Crippen LogP contribution in [0, 0.1) is 11.3 Å². The first kappa shape index (κ1) is 18.5. The van der Waals surface area contributed by atoms with E-state index in [-0.39, 0.29) is 5.57 Å². The average Bonchev–Trinajstić information content (AvgIpc) is 2.52. The molecule has 2 aromatic carbocycles. The molecule has 122 valence electrons. The molecule has 0 saturated carbocycles. The van der Waals surface area contributed by atoms with Gasteiger partial charge >= 0.3 is 0 Å².